The number of imidazole rings is 1. The van der Waals surface area contributed by atoms with Crippen LogP contribution in [0.25, 0.3) is 11.0 Å². The van der Waals surface area contributed by atoms with E-state index in [1.165, 1.54) is 6.07 Å². The molecule has 3 rings (SSSR count). The van der Waals surface area contributed by atoms with Crippen molar-refractivity contribution in [3.05, 3.63) is 53.9 Å². The summed E-state index contributed by atoms with van der Waals surface area (Å²) in [5, 5.41) is 0. The number of pyridine rings is 1. The van der Waals surface area contributed by atoms with E-state index in [0.29, 0.717) is 11.1 Å². The molecule has 7 heteroatoms. The largest absolute Gasteiger partial charge is 0.416 e. The van der Waals surface area contributed by atoms with Crippen LogP contribution in [0.15, 0.2) is 42.7 Å². The average molecular weight is 292 g/mol. The van der Waals surface area contributed by atoms with Gasteiger partial charge in [0.25, 0.3) is 0 Å². The maximum Gasteiger partial charge on any atom is 0.416 e. The summed E-state index contributed by atoms with van der Waals surface area (Å²) < 4.78 is 39.8. The van der Waals surface area contributed by atoms with Crippen molar-refractivity contribution in [3.63, 3.8) is 0 Å². The Balaban J connectivity index is 2.01. The van der Waals surface area contributed by atoms with E-state index < -0.39 is 11.7 Å². The summed E-state index contributed by atoms with van der Waals surface area (Å²) in [4.78, 5) is 8.08. The minimum Gasteiger partial charge on any atom is -0.369 e. The fraction of sp³-hybridized carbons (Fsp3) is 0.143. The first kappa shape index (κ1) is 13.4. The lowest BCUT2D eigenvalue weighted by Crippen LogP contribution is -2.08. The maximum absolute atomic E-state index is 12.7. The molecular weight excluding hydrogens is 281 g/mol. The number of halogens is 3. The van der Waals surface area contributed by atoms with Gasteiger partial charge >= 0.3 is 6.18 Å². The number of fused-ring (bicyclic) bond motifs is 1. The van der Waals surface area contributed by atoms with Crippen LogP contribution in [0.2, 0.25) is 0 Å². The van der Waals surface area contributed by atoms with Crippen molar-refractivity contribution in [2.45, 2.75) is 12.7 Å². The first-order valence-electron chi connectivity index (χ1n) is 6.17. The van der Waals surface area contributed by atoms with Crippen molar-refractivity contribution in [2.24, 2.45) is 0 Å². The van der Waals surface area contributed by atoms with Crippen LogP contribution in [-0.2, 0) is 12.7 Å². The minimum absolute atomic E-state index is 0.219. The van der Waals surface area contributed by atoms with Crippen LogP contribution in [-0.4, -0.2) is 14.5 Å². The number of hydrogen-bond donors (Lipinski definition) is 1. The van der Waals surface area contributed by atoms with Gasteiger partial charge in [-0.05, 0) is 23.8 Å². The number of alkyl halides is 3. The lowest BCUT2D eigenvalue weighted by Gasteiger charge is -2.10. The second-order valence-corrected chi connectivity index (χ2v) is 4.62. The normalized spacial score (nSPS) is 12.0. The molecular formula is C14H11F3N4. The molecule has 2 N–H and O–H groups in total. The Morgan fingerprint density at radius 2 is 2.00 bits per heavy atom. The third-order valence-electron chi connectivity index (χ3n) is 3.18. The standard InChI is InChI=1S/C14H11F3N4/c15-14(16,17)10-3-1-2-9(6-10)8-21-12-4-5-19-7-11(12)20-13(21)18/h1-7H,8H2,(H2,18,20). The molecule has 0 saturated carbocycles. The van der Waals surface area contributed by atoms with Crippen LogP contribution in [0.4, 0.5) is 19.1 Å². The van der Waals surface area contributed by atoms with Gasteiger partial charge in [0.1, 0.15) is 5.52 Å². The van der Waals surface area contributed by atoms with E-state index in [-0.39, 0.29) is 12.5 Å². The number of anilines is 1. The average Bonchev–Trinajstić information content (AvgIpc) is 2.75. The van der Waals surface area contributed by atoms with Gasteiger partial charge in [-0.25, -0.2) is 4.98 Å². The topological polar surface area (TPSA) is 56.7 Å². The third-order valence-corrected chi connectivity index (χ3v) is 3.18. The first-order chi connectivity index (χ1) is 9.95. The molecule has 0 unspecified atom stereocenters. The highest BCUT2D eigenvalue weighted by Gasteiger charge is 2.30. The monoisotopic (exact) mass is 292 g/mol. The smallest absolute Gasteiger partial charge is 0.369 e. The molecule has 0 aliphatic rings. The maximum atomic E-state index is 12.7. The van der Waals surface area contributed by atoms with E-state index >= 15 is 0 Å². The lowest BCUT2D eigenvalue weighted by molar-refractivity contribution is -0.137. The summed E-state index contributed by atoms with van der Waals surface area (Å²) in [6.07, 6.45) is -1.21. The molecule has 21 heavy (non-hydrogen) atoms. The van der Waals surface area contributed by atoms with Gasteiger partial charge in [-0.2, -0.15) is 13.2 Å². The second kappa shape index (κ2) is 4.76. The molecule has 0 atom stereocenters. The summed E-state index contributed by atoms with van der Waals surface area (Å²) in [7, 11) is 0. The fourth-order valence-electron chi connectivity index (χ4n) is 2.20. The van der Waals surface area contributed by atoms with Gasteiger partial charge in [-0.3, -0.25) is 4.98 Å². The molecule has 0 bridgehead atoms. The SMILES string of the molecule is Nc1nc2cnccc2n1Cc1cccc(C(F)(F)F)c1. The fourth-order valence-corrected chi connectivity index (χ4v) is 2.20. The van der Waals surface area contributed by atoms with Gasteiger partial charge < -0.3 is 10.3 Å². The first-order valence-corrected chi connectivity index (χ1v) is 6.17. The Morgan fingerprint density at radius 1 is 1.19 bits per heavy atom. The van der Waals surface area contributed by atoms with Crippen LogP contribution >= 0.6 is 0 Å². The van der Waals surface area contributed by atoms with Gasteiger partial charge in [-0.1, -0.05) is 12.1 Å². The Bertz CT molecular complexity index is 792. The van der Waals surface area contributed by atoms with E-state index in [9.17, 15) is 13.2 Å². The minimum atomic E-state index is -4.36. The van der Waals surface area contributed by atoms with Crippen LogP contribution in [0.3, 0.4) is 0 Å². The van der Waals surface area contributed by atoms with E-state index in [0.717, 1.165) is 17.6 Å². The molecule has 4 nitrogen and oxygen atoms in total. The highest BCUT2D eigenvalue weighted by Crippen LogP contribution is 2.30. The van der Waals surface area contributed by atoms with Crippen molar-refractivity contribution in [1.29, 1.82) is 0 Å². The molecule has 3 aromatic rings. The van der Waals surface area contributed by atoms with Crippen molar-refractivity contribution < 1.29 is 13.2 Å². The van der Waals surface area contributed by atoms with E-state index in [2.05, 4.69) is 9.97 Å². The molecule has 2 heterocycles. The number of nitrogens with zero attached hydrogens (tertiary/aromatic N) is 3. The van der Waals surface area contributed by atoms with Gasteiger partial charge in [0.2, 0.25) is 5.95 Å². The predicted molar refractivity (Wildman–Crippen MR) is 72.5 cm³/mol. The zero-order chi connectivity index (χ0) is 15.0. The highest BCUT2D eigenvalue weighted by atomic mass is 19.4. The third kappa shape index (κ3) is 2.54. The second-order valence-electron chi connectivity index (χ2n) is 4.62. The Morgan fingerprint density at radius 3 is 2.76 bits per heavy atom. The van der Waals surface area contributed by atoms with Gasteiger partial charge in [0.15, 0.2) is 0 Å². The van der Waals surface area contributed by atoms with Crippen LogP contribution in [0.1, 0.15) is 11.1 Å². The molecule has 0 aliphatic carbocycles. The number of hydrogen-bond acceptors (Lipinski definition) is 3. The van der Waals surface area contributed by atoms with Gasteiger partial charge in [-0.15, -0.1) is 0 Å². The predicted octanol–water partition coefficient (Wildman–Crippen LogP) is 3.08. The molecule has 108 valence electrons. The highest BCUT2D eigenvalue weighted by molar-refractivity contribution is 5.77. The van der Waals surface area contributed by atoms with Gasteiger partial charge in [0.05, 0.1) is 23.8 Å². The summed E-state index contributed by atoms with van der Waals surface area (Å²) in [6.45, 7) is 0.219. The molecule has 0 radical (unpaired) electrons. The number of nitrogens with two attached hydrogens (primary N) is 1. The summed E-state index contributed by atoms with van der Waals surface area (Å²) >= 11 is 0. The molecule has 0 spiro atoms. The summed E-state index contributed by atoms with van der Waals surface area (Å²) in [6, 6.07) is 6.90. The number of benzene rings is 1. The summed E-state index contributed by atoms with van der Waals surface area (Å²) in [5.41, 5.74) is 7.01. The van der Waals surface area contributed by atoms with E-state index in [4.69, 9.17) is 5.73 Å². The number of nitrogen functional groups attached to an aromatic ring is 1. The molecule has 0 aliphatic heterocycles. The van der Waals surface area contributed by atoms with Gasteiger partial charge in [0, 0.05) is 6.20 Å². The van der Waals surface area contributed by atoms with E-state index in [1.807, 2.05) is 0 Å². The van der Waals surface area contributed by atoms with Crippen molar-refractivity contribution >= 4 is 17.0 Å². The Kier molecular flexibility index (Phi) is 3.04. The molecule has 0 amide bonds. The zero-order valence-corrected chi connectivity index (χ0v) is 10.8. The van der Waals surface area contributed by atoms with Crippen LogP contribution in [0.5, 0.6) is 0 Å². The zero-order valence-electron chi connectivity index (χ0n) is 10.8. The van der Waals surface area contributed by atoms with E-state index in [1.54, 1.807) is 29.1 Å². The van der Waals surface area contributed by atoms with Crippen molar-refractivity contribution in [1.82, 2.24) is 14.5 Å². The number of aromatic nitrogens is 3. The quantitative estimate of drug-likeness (QED) is 0.789. The lowest BCUT2D eigenvalue weighted by atomic mass is 10.1. The van der Waals surface area contributed by atoms with Crippen LogP contribution < -0.4 is 5.73 Å². The Labute approximate surface area is 118 Å². The molecule has 0 saturated heterocycles. The number of rotatable bonds is 2. The summed E-state index contributed by atoms with van der Waals surface area (Å²) in [5.74, 6) is 0.246. The molecule has 1 aromatic carbocycles. The van der Waals surface area contributed by atoms with Crippen molar-refractivity contribution in [2.75, 3.05) is 5.73 Å². The van der Waals surface area contributed by atoms with Crippen LogP contribution in [0, 0.1) is 0 Å². The molecule has 2 aromatic heterocycles. The Hall–Kier alpha value is -2.57. The van der Waals surface area contributed by atoms with Crippen molar-refractivity contribution in [3.8, 4) is 0 Å². The molecule has 0 fully saturated rings.